The first-order chi connectivity index (χ1) is 12.7. The zero-order valence-electron chi connectivity index (χ0n) is 15.7. The molecule has 3 rings (SSSR count). The van der Waals surface area contributed by atoms with Gasteiger partial charge in [0, 0.05) is 26.1 Å². The lowest BCUT2D eigenvalue weighted by Gasteiger charge is -2.30. The van der Waals surface area contributed by atoms with Crippen molar-refractivity contribution in [2.24, 2.45) is 0 Å². The minimum absolute atomic E-state index is 0.00758. The number of likely N-dealkylation sites (tertiary alicyclic amines) is 2. The third kappa shape index (κ3) is 5.31. The summed E-state index contributed by atoms with van der Waals surface area (Å²) in [5, 5.41) is 3.09. The number of nitrogens with zero attached hydrogens (tertiary/aromatic N) is 2. The fraction of sp³-hybridized carbons (Fsp3) is 0.619. The van der Waals surface area contributed by atoms with Gasteiger partial charge in [-0.3, -0.25) is 9.59 Å². The van der Waals surface area contributed by atoms with Gasteiger partial charge in [-0.1, -0.05) is 43.2 Å². The molecule has 1 N–H and O–H groups in total. The minimum Gasteiger partial charge on any atom is -0.353 e. The van der Waals surface area contributed by atoms with E-state index in [1.807, 2.05) is 30.3 Å². The molecule has 2 aliphatic rings. The first-order valence-electron chi connectivity index (χ1n) is 10.1. The molecule has 2 saturated heterocycles. The summed E-state index contributed by atoms with van der Waals surface area (Å²) in [5.74, 6) is 0.107. The maximum atomic E-state index is 12.8. The van der Waals surface area contributed by atoms with E-state index in [9.17, 15) is 9.59 Å². The van der Waals surface area contributed by atoms with Crippen LogP contribution in [0.4, 0.5) is 0 Å². The summed E-state index contributed by atoms with van der Waals surface area (Å²) in [7, 11) is 0. The molecular formula is C21H31N3O2. The zero-order chi connectivity index (χ0) is 18.2. The molecule has 2 aliphatic heterocycles. The Balaban J connectivity index is 1.57. The molecule has 1 aromatic rings. The van der Waals surface area contributed by atoms with Gasteiger partial charge in [-0.25, -0.2) is 0 Å². The van der Waals surface area contributed by atoms with Crippen molar-refractivity contribution >= 4 is 11.8 Å². The first-order valence-corrected chi connectivity index (χ1v) is 10.1. The van der Waals surface area contributed by atoms with E-state index in [0.29, 0.717) is 19.5 Å². The number of amides is 2. The van der Waals surface area contributed by atoms with Crippen LogP contribution in [-0.4, -0.2) is 53.8 Å². The smallest absolute Gasteiger partial charge is 0.242 e. The van der Waals surface area contributed by atoms with Crippen LogP contribution < -0.4 is 5.32 Å². The molecule has 1 unspecified atom stereocenters. The van der Waals surface area contributed by atoms with Crippen LogP contribution in [0, 0.1) is 0 Å². The van der Waals surface area contributed by atoms with Gasteiger partial charge in [0.1, 0.15) is 6.04 Å². The van der Waals surface area contributed by atoms with Gasteiger partial charge in [0.15, 0.2) is 0 Å². The van der Waals surface area contributed by atoms with Gasteiger partial charge in [-0.15, -0.1) is 0 Å². The van der Waals surface area contributed by atoms with Crippen molar-refractivity contribution in [1.29, 1.82) is 0 Å². The standard InChI is InChI=1S/C21H31N3O2/c25-20-12-6-5-11-19(24(20)17-18-9-3-1-4-10-18)21(26)22-13-16-23-14-7-2-8-15-23/h1,3-4,9-10,19H,2,5-8,11-17H2,(H,22,26). The highest BCUT2D eigenvalue weighted by Crippen LogP contribution is 2.20. The molecule has 1 aromatic carbocycles. The molecule has 2 heterocycles. The maximum Gasteiger partial charge on any atom is 0.242 e. The zero-order valence-corrected chi connectivity index (χ0v) is 15.7. The Morgan fingerprint density at radius 3 is 2.58 bits per heavy atom. The number of hydrogen-bond donors (Lipinski definition) is 1. The van der Waals surface area contributed by atoms with E-state index in [-0.39, 0.29) is 17.9 Å². The molecule has 0 aromatic heterocycles. The number of nitrogens with one attached hydrogen (secondary N) is 1. The molecular weight excluding hydrogens is 326 g/mol. The van der Waals surface area contributed by atoms with Gasteiger partial charge in [0.2, 0.25) is 11.8 Å². The fourth-order valence-corrected chi connectivity index (χ4v) is 3.98. The predicted octanol–water partition coefficient (Wildman–Crippen LogP) is 2.56. The van der Waals surface area contributed by atoms with E-state index >= 15 is 0 Å². The topological polar surface area (TPSA) is 52.7 Å². The summed E-state index contributed by atoms with van der Waals surface area (Å²) in [6.45, 7) is 4.37. The molecule has 2 amide bonds. The summed E-state index contributed by atoms with van der Waals surface area (Å²) >= 11 is 0. The average Bonchev–Trinajstić information content (AvgIpc) is 2.85. The van der Waals surface area contributed by atoms with Crippen molar-refractivity contribution < 1.29 is 9.59 Å². The second-order valence-corrected chi connectivity index (χ2v) is 7.46. The van der Waals surface area contributed by atoms with Gasteiger partial charge >= 0.3 is 0 Å². The molecule has 0 bridgehead atoms. The van der Waals surface area contributed by atoms with Crippen LogP contribution >= 0.6 is 0 Å². The Kier molecular flexibility index (Phi) is 7.06. The molecule has 0 saturated carbocycles. The molecule has 142 valence electrons. The number of benzene rings is 1. The third-order valence-electron chi connectivity index (χ3n) is 5.49. The van der Waals surface area contributed by atoms with E-state index in [1.54, 1.807) is 4.90 Å². The Morgan fingerprint density at radius 2 is 1.81 bits per heavy atom. The number of piperidine rings is 1. The highest BCUT2D eigenvalue weighted by molar-refractivity contribution is 5.88. The second kappa shape index (κ2) is 9.72. The van der Waals surface area contributed by atoms with Crippen molar-refractivity contribution in [2.45, 2.75) is 57.5 Å². The van der Waals surface area contributed by atoms with Gasteiger partial charge in [0.25, 0.3) is 0 Å². The van der Waals surface area contributed by atoms with Gasteiger partial charge < -0.3 is 15.1 Å². The Labute approximate surface area is 156 Å². The number of carbonyl (C=O) groups excluding carboxylic acids is 2. The van der Waals surface area contributed by atoms with Crippen LogP contribution in [0.3, 0.4) is 0 Å². The van der Waals surface area contributed by atoms with Crippen LogP contribution in [0.2, 0.25) is 0 Å². The van der Waals surface area contributed by atoms with E-state index in [0.717, 1.165) is 44.5 Å². The Bertz CT molecular complexity index is 584. The molecule has 0 spiro atoms. The summed E-state index contributed by atoms with van der Waals surface area (Å²) in [5.41, 5.74) is 1.08. The van der Waals surface area contributed by atoms with Crippen LogP contribution in [-0.2, 0) is 16.1 Å². The minimum atomic E-state index is -0.341. The number of hydrogen-bond acceptors (Lipinski definition) is 3. The van der Waals surface area contributed by atoms with Gasteiger partial charge in [0.05, 0.1) is 0 Å². The summed E-state index contributed by atoms with van der Waals surface area (Å²) < 4.78 is 0. The lowest BCUT2D eigenvalue weighted by atomic mass is 10.1. The van der Waals surface area contributed by atoms with E-state index in [1.165, 1.54) is 19.3 Å². The van der Waals surface area contributed by atoms with Crippen molar-refractivity contribution in [2.75, 3.05) is 26.2 Å². The molecule has 1 atom stereocenters. The van der Waals surface area contributed by atoms with Gasteiger partial charge in [-0.05, 0) is 44.3 Å². The normalized spacial score (nSPS) is 22.1. The van der Waals surface area contributed by atoms with Crippen molar-refractivity contribution in [3.8, 4) is 0 Å². The molecule has 26 heavy (non-hydrogen) atoms. The highest BCUT2D eigenvalue weighted by atomic mass is 16.2. The van der Waals surface area contributed by atoms with Crippen molar-refractivity contribution in [1.82, 2.24) is 15.1 Å². The average molecular weight is 357 g/mol. The number of carbonyl (C=O) groups is 2. The SMILES string of the molecule is O=C(NCCN1CCCCC1)C1CCCCC(=O)N1Cc1ccccc1. The molecule has 5 nitrogen and oxygen atoms in total. The van der Waals surface area contributed by atoms with Crippen molar-refractivity contribution in [3.05, 3.63) is 35.9 Å². The van der Waals surface area contributed by atoms with Crippen LogP contribution in [0.25, 0.3) is 0 Å². The van der Waals surface area contributed by atoms with E-state index in [4.69, 9.17) is 0 Å². The molecule has 0 radical (unpaired) electrons. The lowest BCUT2D eigenvalue weighted by molar-refractivity contribution is -0.140. The van der Waals surface area contributed by atoms with Crippen LogP contribution in [0.1, 0.15) is 50.5 Å². The lowest BCUT2D eigenvalue weighted by Crippen LogP contribution is -2.49. The van der Waals surface area contributed by atoms with Crippen LogP contribution in [0.5, 0.6) is 0 Å². The predicted molar refractivity (Wildman–Crippen MR) is 103 cm³/mol. The monoisotopic (exact) mass is 357 g/mol. The largest absolute Gasteiger partial charge is 0.353 e. The molecule has 5 heteroatoms. The maximum absolute atomic E-state index is 12.8. The fourth-order valence-electron chi connectivity index (χ4n) is 3.98. The quantitative estimate of drug-likeness (QED) is 0.851. The van der Waals surface area contributed by atoms with Gasteiger partial charge in [-0.2, -0.15) is 0 Å². The van der Waals surface area contributed by atoms with Crippen molar-refractivity contribution in [3.63, 3.8) is 0 Å². The summed E-state index contributed by atoms with van der Waals surface area (Å²) in [6.07, 6.45) is 6.95. The Hall–Kier alpha value is -1.88. The Morgan fingerprint density at radius 1 is 1.04 bits per heavy atom. The molecule has 2 fully saturated rings. The second-order valence-electron chi connectivity index (χ2n) is 7.46. The van der Waals surface area contributed by atoms with E-state index < -0.39 is 0 Å². The van der Waals surface area contributed by atoms with Crippen LogP contribution in [0.15, 0.2) is 30.3 Å². The highest BCUT2D eigenvalue weighted by Gasteiger charge is 2.31. The number of rotatable bonds is 6. The summed E-state index contributed by atoms with van der Waals surface area (Å²) in [4.78, 5) is 29.6. The third-order valence-corrected chi connectivity index (χ3v) is 5.49. The van der Waals surface area contributed by atoms with E-state index in [2.05, 4.69) is 10.2 Å². The summed E-state index contributed by atoms with van der Waals surface area (Å²) in [6, 6.07) is 9.62. The first kappa shape index (κ1) is 18.9. The molecule has 0 aliphatic carbocycles.